The van der Waals surface area contributed by atoms with Crippen molar-refractivity contribution >= 4 is 51.7 Å². The molecule has 7 nitrogen and oxygen atoms in total. The molecule has 0 aliphatic rings. The van der Waals surface area contributed by atoms with Gasteiger partial charge in [-0.3, -0.25) is 4.79 Å². The van der Waals surface area contributed by atoms with Crippen molar-refractivity contribution < 1.29 is 14.3 Å². The Balaban J connectivity index is 2.10. The minimum atomic E-state index is -0.864. The van der Waals surface area contributed by atoms with Gasteiger partial charge in [0.2, 0.25) is 5.91 Å². The summed E-state index contributed by atoms with van der Waals surface area (Å²) in [5.41, 5.74) is 5.65. The number of nitrogen functional groups attached to an aromatic ring is 1. The molecular formula is C18H22Cl2N4O3S. The summed E-state index contributed by atoms with van der Waals surface area (Å²) in [4.78, 5) is 29.6. The molecule has 1 heterocycles. The van der Waals surface area contributed by atoms with Crippen LogP contribution in [-0.4, -0.2) is 28.6 Å². The fourth-order valence-electron chi connectivity index (χ4n) is 2.26. The van der Waals surface area contributed by atoms with Gasteiger partial charge in [0.15, 0.2) is 5.13 Å². The average molecular weight is 445 g/mol. The third kappa shape index (κ3) is 7.18. The number of benzene rings is 1. The van der Waals surface area contributed by atoms with E-state index in [1.165, 1.54) is 11.3 Å². The van der Waals surface area contributed by atoms with Crippen LogP contribution in [0.3, 0.4) is 0 Å². The summed E-state index contributed by atoms with van der Waals surface area (Å²) in [7, 11) is 0. The highest BCUT2D eigenvalue weighted by Gasteiger charge is 2.25. The maximum Gasteiger partial charge on any atom is 0.408 e. The second kappa shape index (κ2) is 9.45. The molecule has 0 saturated heterocycles. The maximum atomic E-state index is 12.7. The largest absolute Gasteiger partial charge is 0.444 e. The molecule has 2 rings (SSSR count). The van der Waals surface area contributed by atoms with Gasteiger partial charge in [0.05, 0.1) is 16.6 Å². The number of thiazole rings is 1. The predicted molar refractivity (Wildman–Crippen MR) is 112 cm³/mol. The summed E-state index contributed by atoms with van der Waals surface area (Å²) in [6, 6.07) is 4.18. The fourth-order valence-corrected chi connectivity index (χ4v) is 3.21. The first-order valence-corrected chi connectivity index (χ1v) is 10.0. The normalized spacial score (nSPS) is 12.3. The molecule has 0 bridgehead atoms. The SMILES string of the molecule is CC(C)(C)OC(=O)NC(Cc1ccc(Cl)c(Cl)c1)C(=O)NCc1cnc(N)s1. The topological polar surface area (TPSA) is 106 Å². The Hall–Kier alpha value is -2.03. The quantitative estimate of drug-likeness (QED) is 0.628. The van der Waals surface area contributed by atoms with Crippen molar-refractivity contribution in [1.82, 2.24) is 15.6 Å². The lowest BCUT2D eigenvalue weighted by molar-refractivity contribution is -0.123. The van der Waals surface area contributed by atoms with Crippen molar-refractivity contribution in [1.29, 1.82) is 0 Å². The zero-order valence-corrected chi connectivity index (χ0v) is 18.0. The minimum Gasteiger partial charge on any atom is -0.444 e. The van der Waals surface area contributed by atoms with E-state index in [2.05, 4.69) is 15.6 Å². The van der Waals surface area contributed by atoms with Crippen molar-refractivity contribution in [2.75, 3.05) is 5.73 Å². The van der Waals surface area contributed by atoms with Crippen LogP contribution in [0.5, 0.6) is 0 Å². The molecule has 152 valence electrons. The van der Waals surface area contributed by atoms with Crippen molar-refractivity contribution in [3.8, 4) is 0 Å². The summed E-state index contributed by atoms with van der Waals surface area (Å²) in [5.74, 6) is -0.371. The first kappa shape index (κ1) is 22.3. The highest BCUT2D eigenvalue weighted by atomic mass is 35.5. The number of alkyl carbamates (subject to hydrolysis) is 1. The molecule has 1 atom stereocenters. The number of rotatable bonds is 6. The number of ether oxygens (including phenoxy) is 1. The van der Waals surface area contributed by atoms with Gasteiger partial charge in [-0.2, -0.15) is 0 Å². The van der Waals surface area contributed by atoms with Gasteiger partial charge in [-0.25, -0.2) is 9.78 Å². The van der Waals surface area contributed by atoms with E-state index in [0.717, 1.165) is 10.4 Å². The van der Waals surface area contributed by atoms with Crippen LogP contribution in [0.2, 0.25) is 10.0 Å². The molecule has 2 aromatic rings. The van der Waals surface area contributed by atoms with Gasteiger partial charge in [-0.05, 0) is 38.5 Å². The van der Waals surface area contributed by atoms with Crippen molar-refractivity contribution in [2.24, 2.45) is 0 Å². The molecule has 1 unspecified atom stereocenters. The number of carbonyl (C=O) groups excluding carboxylic acids is 2. The van der Waals surface area contributed by atoms with Gasteiger partial charge in [0, 0.05) is 17.5 Å². The number of nitrogens with zero attached hydrogens (tertiary/aromatic N) is 1. The van der Waals surface area contributed by atoms with Gasteiger partial charge in [0.25, 0.3) is 0 Å². The number of aromatic nitrogens is 1. The van der Waals surface area contributed by atoms with Crippen LogP contribution in [0.4, 0.5) is 9.93 Å². The molecule has 10 heteroatoms. The Morgan fingerprint density at radius 2 is 2.00 bits per heavy atom. The van der Waals surface area contributed by atoms with Crippen LogP contribution in [0.15, 0.2) is 24.4 Å². The van der Waals surface area contributed by atoms with Gasteiger partial charge in [0.1, 0.15) is 11.6 Å². The first-order valence-electron chi connectivity index (χ1n) is 8.45. The van der Waals surface area contributed by atoms with Crippen molar-refractivity contribution in [3.05, 3.63) is 44.9 Å². The van der Waals surface area contributed by atoms with Gasteiger partial charge >= 0.3 is 6.09 Å². The van der Waals surface area contributed by atoms with Crippen LogP contribution in [0.1, 0.15) is 31.2 Å². The van der Waals surface area contributed by atoms with Gasteiger partial charge < -0.3 is 21.1 Å². The molecule has 28 heavy (non-hydrogen) atoms. The first-order chi connectivity index (χ1) is 13.0. The summed E-state index contributed by atoms with van der Waals surface area (Å²) in [5, 5.41) is 6.59. The Morgan fingerprint density at radius 3 is 2.57 bits per heavy atom. The van der Waals surface area contributed by atoms with Crippen LogP contribution < -0.4 is 16.4 Å². The van der Waals surface area contributed by atoms with Crippen LogP contribution in [0.25, 0.3) is 0 Å². The number of hydrogen-bond donors (Lipinski definition) is 3. The lowest BCUT2D eigenvalue weighted by Gasteiger charge is -2.23. The maximum absolute atomic E-state index is 12.7. The molecule has 1 aromatic carbocycles. The monoisotopic (exact) mass is 444 g/mol. The zero-order chi connectivity index (χ0) is 20.9. The molecule has 0 spiro atoms. The number of anilines is 1. The second-order valence-electron chi connectivity index (χ2n) is 7.03. The third-order valence-electron chi connectivity index (χ3n) is 3.44. The second-order valence-corrected chi connectivity index (χ2v) is 9.00. The highest BCUT2D eigenvalue weighted by Crippen LogP contribution is 2.23. The fraction of sp³-hybridized carbons (Fsp3) is 0.389. The average Bonchev–Trinajstić information content (AvgIpc) is 2.99. The van der Waals surface area contributed by atoms with E-state index in [0.29, 0.717) is 15.2 Å². The lowest BCUT2D eigenvalue weighted by atomic mass is 10.1. The van der Waals surface area contributed by atoms with E-state index >= 15 is 0 Å². The molecule has 0 aliphatic heterocycles. The summed E-state index contributed by atoms with van der Waals surface area (Å²) >= 11 is 13.3. The Kier molecular flexibility index (Phi) is 7.51. The summed E-state index contributed by atoms with van der Waals surface area (Å²) in [6.45, 7) is 5.49. The highest BCUT2D eigenvalue weighted by molar-refractivity contribution is 7.15. The molecule has 2 amide bonds. The molecule has 4 N–H and O–H groups in total. The Labute approximate surface area is 177 Å². The van der Waals surface area contributed by atoms with Gasteiger partial charge in [-0.15, -0.1) is 11.3 Å². The molecule has 0 fully saturated rings. The van der Waals surface area contributed by atoms with Crippen molar-refractivity contribution in [2.45, 2.75) is 45.4 Å². The minimum absolute atomic E-state index is 0.215. The summed E-state index contributed by atoms with van der Waals surface area (Å²) in [6.07, 6.45) is 1.12. The van der Waals surface area contributed by atoms with E-state index in [4.69, 9.17) is 33.7 Å². The molecular weight excluding hydrogens is 423 g/mol. The Morgan fingerprint density at radius 1 is 1.29 bits per heavy atom. The number of nitrogens with two attached hydrogens (primary N) is 1. The van der Waals surface area contributed by atoms with E-state index in [1.54, 1.807) is 45.2 Å². The van der Waals surface area contributed by atoms with Crippen molar-refractivity contribution in [3.63, 3.8) is 0 Å². The molecule has 0 saturated carbocycles. The lowest BCUT2D eigenvalue weighted by Crippen LogP contribution is -2.49. The van der Waals surface area contributed by atoms with E-state index in [1.807, 2.05) is 0 Å². The number of halogens is 2. The predicted octanol–water partition coefficient (Wildman–Crippen LogP) is 3.78. The molecule has 1 aromatic heterocycles. The number of nitrogens with one attached hydrogen (secondary N) is 2. The van der Waals surface area contributed by atoms with Crippen LogP contribution >= 0.6 is 34.5 Å². The summed E-state index contributed by atoms with van der Waals surface area (Å²) < 4.78 is 5.26. The van der Waals surface area contributed by atoms with E-state index in [9.17, 15) is 9.59 Å². The van der Waals surface area contributed by atoms with Crippen LogP contribution in [-0.2, 0) is 22.5 Å². The molecule has 0 aliphatic carbocycles. The number of carbonyl (C=O) groups is 2. The van der Waals surface area contributed by atoms with Crippen LogP contribution in [0, 0.1) is 0 Å². The van der Waals surface area contributed by atoms with Gasteiger partial charge in [-0.1, -0.05) is 29.3 Å². The van der Waals surface area contributed by atoms with E-state index < -0.39 is 17.7 Å². The molecule has 0 radical (unpaired) electrons. The smallest absolute Gasteiger partial charge is 0.408 e. The number of hydrogen-bond acceptors (Lipinski definition) is 6. The standard InChI is InChI=1S/C18H22Cl2N4O3S/c1-18(2,3)27-17(26)24-14(7-10-4-5-12(19)13(20)6-10)15(25)22-8-11-9-23-16(21)28-11/h4-6,9,14H,7-8H2,1-3H3,(H2,21,23)(H,22,25)(H,24,26). The third-order valence-corrected chi connectivity index (χ3v) is 5.01. The number of amides is 2. The van der Waals surface area contributed by atoms with E-state index in [-0.39, 0.29) is 18.9 Å². The zero-order valence-electron chi connectivity index (χ0n) is 15.7. The Bertz CT molecular complexity index is 852.